The summed E-state index contributed by atoms with van der Waals surface area (Å²) in [6.45, 7) is 3.40. The van der Waals surface area contributed by atoms with Gasteiger partial charge in [0.05, 0.1) is 18.0 Å². The molecule has 0 saturated carbocycles. The Morgan fingerprint density at radius 1 is 1.15 bits per heavy atom. The van der Waals surface area contributed by atoms with Gasteiger partial charge in [0.1, 0.15) is 0 Å². The molecule has 0 atom stereocenters. The van der Waals surface area contributed by atoms with Crippen LogP contribution in [0.1, 0.15) is 15.9 Å². The lowest BCUT2D eigenvalue weighted by Crippen LogP contribution is -2.13. The zero-order chi connectivity index (χ0) is 19.4. The van der Waals surface area contributed by atoms with Crippen molar-refractivity contribution in [3.8, 4) is 10.4 Å². The van der Waals surface area contributed by atoms with E-state index in [2.05, 4.69) is 5.32 Å². The van der Waals surface area contributed by atoms with Gasteiger partial charge in [0.15, 0.2) is 7.37 Å². The van der Waals surface area contributed by atoms with E-state index in [0.29, 0.717) is 16.9 Å². The van der Waals surface area contributed by atoms with Crippen LogP contribution in [0.5, 0.6) is 0 Å². The number of hydrogen-bond acceptors (Lipinski definition) is 5. The van der Waals surface area contributed by atoms with Crippen LogP contribution in [-0.4, -0.2) is 19.2 Å². The van der Waals surface area contributed by atoms with Gasteiger partial charge in [-0.25, -0.2) is 0 Å². The highest BCUT2D eigenvalue weighted by Crippen LogP contribution is 2.38. The Balaban J connectivity index is 1.72. The second-order valence-electron chi connectivity index (χ2n) is 6.46. The first kappa shape index (κ1) is 19.4. The van der Waals surface area contributed by atoms with E-state index in [-0.39, 0.29) is 12.5 Å². The van der Waals surface area contributed by atoms with Crippen LogP contribution in [0.3, 0.4) is 0 Å². The van der Waals surface area contributed by atoms with E-state index < -0.39 is 7.37 Å². The Morgan fingerprint density at radius 2 is 1.89 bits per heavy atom. The number of rotatable bonds is 6. The second kappa shape index (κ2) is 8.09. The van der Waals surface area contributed by atoms with E-state index in [9.17, 15) is 9.36 Å². The fourth-order valence-corrected chi connectivity index (χ4v) is 3.62. The van der Waals surface area contributed by atoms with Gasteiger partial charge < -0.3 is 15.6 Å². The highest BCUT2D eigenvalue weighted by Gasteiger charge is 2.11. The lowest BCUT2D eigenvalue weighted by atomic mass is 10.1. The molecule has 0 aliphatic carbocycles. The Morgan fingerprint density at radius 3 is 2.52 bits per heavy atom. The summed E-state index contributed by atoms with van der Waals surface area (Å²) < 4.78 is 16.9. The third kappa shape index (κ3) is 5.30. The lowest BCUT2D eigenvalue weighted by Gasteiger charge is -2.11. The van der Waals surface area contributed by atoms with Crippen molar-refractivity contribution in [3.63, 3.8) is 0 Å². The number of anilines is 2. The SMILES string of the molecule is CP(C)(=O)OCc1ccc(C(=O)Nc2cc(-c3cccs3)ccc2N)cc1. The van der Waals surface area contributed by atoms with Crippen molar-refractivity contribution in [2.24, 2.45) is 0 Å². The summed E-state index contributed by atoms with van der Waals surface area (Å²) >= 11 is 1.63. The Labute approximate surface area is 162 Å². The van der Waals surface area contributed by atoms with Crippen LogP contribution < -0.4 is 11.1 Å². The number of benzene rings is 2. The van der Waals surface area contributed by atoms with Crippen LogP contribution in [0, 0.1) is 0 Å². The molecule has 27 heavy (non-hydrogen) atoms. The highest BCUT2D eigenvalue weighted by atomic mass is 32.1. The average Bonchev–Trinajstić information content (AvgIpc) is 3.16. The number of hydrogen-bond donors (Lipinski definition) is 2. The quantitative estimate of drug-likeness (QED) is 0.434. The molecular formula is C20H21N2O3PS. The fraction of sp³-hybridized carbons (Fsp3) is 0.150. The number of amides is 1. The van der Waals surface area contributed by atoms with Gasteiger partial charge in [-0.3, -0.25) is 9.36 Å². The van der Waals surface area contributed by atoms with Crippen molar-refractivity contribution < 1.29 is 13.9 Å². The zero-order valence-electron chi connectivity index (χ0n) is 15.1. The van der Waals surface area contributed by atoms with Crippen molar-refractivity contribution in [3.05, 3.63) is 71.1 Å². The minimum Gasteiger partial charge on any atom is -0.397 e. The molecule has 0 spiro atoms. The zero-order valence-corrected chi connectivity index (χ0v) is 16.8. The summed E-state index contributed by atoms with van der Waals surface area (Å²) in [5.41, 5.74) is 9.48. The molecule has 1 heterocycles. The normalized spacial score (nSPS) is 11.3. The van der Waals surface area contributed by atoms with E-state index in [4.69, 9.17) is 10.3 Å². The van der Waals surface area contributed by atoms with E-state index in [1.54, 1.807) is 55.0 Å². The third-order valence-corrected chi connectivity index (χ3v) is 5.54. The van der Waals surface area contributed by atoms with Crippen LogP contribution in [0.15, 0.2) is 60.0 Å². The molecule has 0 radical (unpaired) electrons. The van der Waals surface area contributed by atoms with Gasteiger partial charge in [0, 0.05) is 23.8 Å². The standard InChI is InChI=1S/C20H21N2O3PS/c1-26(2,24)25-13-14-5-7-15(8-6-14)20(23)22-18-12-16(9-10-17(18)21)19-4-3-11-27-19/h3-12H,13,21H2,1-2H3,(H,22,23). The molecule has 3 aromatic rings. The van der Waals surface area contributed by atoms with Crippen molar-refractivity contribution >= 4 is 36.0 Å². The number of nitrogens with two attached hydrogens (primary N) is 1. The minimum atomic E-state index is -2.53. The van der Waals surface area contributed by atoms with Gasteiger partial charge in [-0.05, 0) is 46.8 Å². The molecule has 3 N–H and O–H groups in total. The van der Waals surface area contributed by atoms with Crippen LogP contribution >= 0.6 is 18.7 Å². The largest absolute Gasteiger partial charge is 0.397 e. The molecule has 7 heteroatoms. The fourth-order valence-electron chi connectivity index (χ4n) is 2.44. The van der Waals surface area contributed by atoms with Crippen molar-refractivity contribution in [2.75, 3.05) is 24.4 Å². The molecule has 0 aliphatic heterocycles. The predicted octanol–water partition coefficient (Wildman–Crippen LogP) is 5.30. The molecule has 3 rings (SSSR count). The summed E-state index contributed by atoms with van der Waals surface area (Å²) in [6.07, 6.45) is 0. The molecule has 2 aromatic carbocycles. The van der Waals surface area contributed by atoms with Gasteiger partial charge in [-0.2, -0.15) is 0 Å². The Kier molecular flexibility index (Phi) is 5.80. The molecule has 0 unspecified atom stereocenters. The molecule has 0 fully saturated rings. The summed E-state index contributed by atoms with van der Waals surface area (Å²) in [5.74, 6) is -0.242. The number of nitrogens with one attached hydrogen (secondary N) is 1. The van der Waals surface area contributed by atoms with Gasteiger partial charge in [0.2, 0.25) is 0 Å². The summed E-state index contributed by atoms with van der Waals surface area (Å²) in [4.78, 5) is 13.7. The molecule has 5 nitrogen and oxygen atoms in total. The Bertz CT molecular complexity index is 979. The van der Waals surface area contributed by atoms with Crippen LogP contribution in [0.25, 0.3) is 10.4 Å². The van der Waals surface area contributed by atoms with Crippen LogP contribution in [0.2, 0.25) is 0 Å². The first-order valence-corrected chi connectivity index (χ1v) is 11.7. The predicted molar refractivity (Wildman–Crippen MR) is 113 cm³/mol. The van der Waals surface area contributed by atoms with Gasteiger partial charge in [-0.15, -0.1) is 11.3 Å². The maximum atomic E-state index is 12.6. The van der Waals surface area contributed by atoms with Crippen LogP contribution in [-0.2, 0) is 15.7 Å². The maximum Gasteiger partial charge on any atom is 0.255 e. The smallest absolute Gasteiger partial charge is 0.255 e. The summed E-state index contributed by atoms with van der Waals surface area (Å²) in [6, 6.07) is 16.6. The summed E-state index contributed by atoms with van der Waals surface area (Å²) in [5, 5.41) is 4.87. The van der Waals surface area contributed by atoms with Gasteiger partial charge in [0.25, 0.3) is 5.91 Å². The van der Waals surface area contributed by atoms with Crippen molar-refractivity contribution in [1.29, 1.82) is 0 Å². The second-order valence-corrected chi connectivity index (χ2v) is 10.2. The molecule has 1 amide bonds. The maximum absolute atomic E-state index is 12.6. The molecule has 140 valence electrons. The monoisotopic (exact) mass is 400 g/mol. The van der Waals surface area contributed by atoms with E-state index in [1.807, 2.05) is 29.6 Å². The topological polar surface area (TPSA) is 81.4 Å². The average molecular weight is 400 g/mol. The minimum absolute atomic E-state index is 0.242. The van der Waals surface area contributed by atoms with E-state index in [0.717, 1.165) is 16.0 Å². The molecule has 1 aromatic heterocycles. The number of carbonyl (C=O) groups is 1. The van der Waals surface area contributed by atoms with Crippen molar-refractivity contribution in [1.82, 2.24) is 0 Å². The first-order valence-electron chi connectivity index (χ1n) is 8.35. The van der Waals surface area contributed by atoms with Gasteiger partial charge >= 0.3 is 0 Å². The molecule has 0 bridgehead atoms. The van der Waals surface area contributed by atoms with Gasteiger partial charge in [-0.1, -0.05) is 24.3 Å². The van der Waals surface area contributed by atoms with E-state index in [1.165, 1.54) is 0 Å². The number of thiophene rings is 1. The lowest BCUT2D eigenvalue weighted by molar-refractivity contribution is 0.102. The molecule has 0 aliphatic rings. The molecule has 0 saturated heterocycles. The number of nitrogen functional groups attached to an aromatic ring is 1. The number of carbonyl (C=O) groups excluding carboxylic acids is 1. The van der Waals surface area contributed by atoms with Crippen LogP contribution in [0.4, 0.5) is 11.4 Å². The van der Waals surface area contributed by atoms with Crippen molar-refractivity contribution in [2.45, 2.75) is 6.61 Å². The Hall–Kier alpha value is -2.40. The third-order valence-electron chi connectivity index (χ3n) is 3.87. The van der Waals surface area contributed by atoms with E-state index >= 15 is 0 Å². The highest BCUT2D eigenvalue weighted by molar-refractivity contribution is 7.57. The summed E-state index contributed by atoms with van der Waals surface area (Å²) in [7, 11) is -2.53. The first-order chi connectivity index (χ1) is 12.8. The molecular weight excluding hydrogens is 379 g/mol.